The molecular formula is C16H13FN2O2. The maximum Gasteiger partial charge on any atom is 0.145 e. The van der Waals surface area contributed by atoms with E-state index >= 15 is 0 Å². The van der Waals surface area contributed by atoms with Gasteiger partial charge in [-0.2, -0.15) is 0 Å². The Labute approximate surface area is 121 Å². The van der Waals surface area contributed by atoms with Gasteiger partial charge in [-0.05, 0) is 30.4 Å². The number of aliphatic hydroxyl groups is 1. The van der Waals surface area contributed by atoms with Crippen molar-refractivity contribution in [2.75, 3.05) is 11.4 Å². The van der Waals surface area contributed by atoms with Crippen LogP contribution in [0.25, 0.3) is 0 Å². The predicted octanol–water partition coefficient (Wildman–Crippen LogP) is 3.79. The van der Waals surface area contributed by atoms with E-state index in [0.29, 0.717) is 23.7 Å². The number of anilines is 1. The van der Waals surface area contributed by atoms with Gasteiger partial charge in [0.25, 0.3) is 0 Å². The second-order valence-corrected chi connectivity index (χ2v) is 4.56. The molecule has 21 heavy (non-hydrogen) atoms. The minimum atomic E-state index is -0.408. The lowest BCUT2D eigenvalue weighted by Crippen LogP contribution is -2.21. The largest absolute Gasteiger partial charge is 0.510 e. The molecular weight excluding hydrogens is 271 g/mol. The summed E-state index contributed by atoms with van der Waals surface area (Å²) >= 11 is 0. The molecule has 2 heterocycles. The van der Waals surface area contributed by atoms with Gasteiger partial charge in [0.2, 0.25) is 0 Å². The van der Waals surface area contributed by atoms with E-state index in [9.17, 15) is 9.50 Å². The van der Waals surface area contributed by atoms with E-state index in [1.54, 1.807) is 53.8 Å². The van der Waals surface area contributed by atoms with E-state index in [1.807, 2.05) is 0 Å². The third kappa shape index (κ3) is 3.20. The van der Waals surface area contributed by atoms with Gasteiger partial charge in [0.05, 0.1) is 12.7 Å². The molecule has 0 spiro atoms. The van der Waals surface area contributed by atoms with Gasteiger partial charge in [-0.25, -0.2) is 4.39 Å². The van der Waals surface area contributed by atoms with E-state index in [-0.39, 0.29) is 5.76 Å². The van der Waals surface area contributed by atoms with Crippen molar-refractivity contribution < 1.29 is 14.2 Å². The summed E-state index contributed by atoms with van der Waals surface area (Å²) < 4.78 is 19.3. The Bertz CT molecular complexity index is 699. The molecule has 1 aromatic heterocycles. The number of benzene rings is 1. The van der Waals surface area contributed by atoms with Crippen molar-refractivity contribution in [3.63, 3.8) is 0 Å². The van der Waals surface area contributed by atoms with E-state index in [2.05, 4.69) is 4.98 Å². The zero-order valence-electron chi connectivity index (χ0n) is 11.1. The first-order valence-electron chi connectivity index (χ1n) is 6.42. The Hall–Kier alpha value is -2.82. The lowest BCUT2D eigenvalue weighted by molar-refractivity contribution is 0.400. The summed E-state index contributed by atoms with van der Waals surface area (Å²) in [4.78, 5) is 5.68. The normalized spacial score (nSPS) is 14.0. The van der Waals surface area contributed by atoms with Crippen molar-refractivity contribution in [2.45, 2.75) is 0 Å². The van der Waals surface area contributed by atoms with Gasteiger partial charge >= 0.3 is 0 Å². The maximum atomic E-state index is 13.8. The van der Waals surface area contributed by atoms with Crippen molar-refractivity contribution in [1.82, 2.24) is 4.98 Å². The first kappa shape index (κ1) is 13.2. The molecule has 106 valence electrons. The van der Waals surface area contributed by atoms with Crippen LogP contribution in [0, 0.1) is 5.82 Å². The van der Waals surface area contributed by atoms with Crippen LogP contribution in [0.3, 0.4) is 0 Å². The molecule has 1 aromatic carbocycles. The maximum absolute atomic E-state index is 13.8. The monoisotopic (exact) mass is 284 g/mol. The molecule has 1 N–H and O–H groups in total. The lowest BCUT2D eigenvalue weighted by atomic mass is 10.2. The Morgan fingerprint density at radius 3 is 2.90 bits per heavy atom. The Kier molecular flexibility index (Phi) is 3.55. The third-order valence-corrected chi connectivity index (χ3v) is 2.94. The molecule has 1 aliphatic rings. The molecule has 2 aromatic rings. The molecule has 0 atom stereocenters. The highest BCUT2D eigenvalue weighted by atomic mass is 19.1. The van der Waals surface area contributed by atoms with Crippen LogP contribution < -0.4 is 9.64 Å². The fourth-order valence-electron chi connectivity index (χ4n) is 2.03. The highest BCUT2D eigenvalue weighted by Gasteiger charge is 2.12. The topological polar surface area (TPSA) is 45.6 Å². The van der Waals surface area contributed by atoms with Crippen LogP contribution >= 0.6 is 0 Å². The second kappa shape index (κ2) is 5.66. The number of aliphatic hydroxyl groups excluding tert-OH is 1. The Morgan fingerprint density at radius 1 is 1.24 bits per heavy atom. The molecule has 0 radical (unpaired) electrons. The SMILES string of the molecule is OC1=CC=CN(c2cc(F)cc(Oc3cccnc3)c2)C1. The van der Waals surface area contributed by atoms with Crippen LogP contribution in [0.2, 0.25) is 0 Å². The molecule has 0 saturated heterocycles. The predicted molar refractivity (Wildman–Crippen MR) is 77.9 cm³/mol. The number of rotatable bonds is 3. The Morgan fingerprint density at radius 2 is 2.14 bits per heavy atom. The summed E-state index contributed by atoms with van der Waals surface area (Å²) in [5, 5.41) is 9.55. The van der Waals surface area contributed by atoms with Crippen LogP contribution in [-0.2, 0) is 0 Å². The molecule has 0 aliphatic carbocycles. The molecule has 0 bridgehead atoms. The number of hydrogen-bond acceptors (Lipinski definition) is 4. The first-order chi connectivity index (χ1) is 10.2. The molecule has 3 rings (SSSR count). The van der Waals surface area contributed by atoms with Crippen molar-refractivity contribution >= 4 is 5.69 Å². The molecule has 1 aliphatic heterocycles. The van der Waals surface area contributed by atoms with Crippen LogP contribution in [0.1, 0.15) is 0 Å². The number of ether oxygens (including phenoxy) is 1. The molecule has 4 nitrogen and oxygen atoms in total. The zero-order chi connectivity index (χ0) is 14.7. The van der Waals surface area contributed by atoms with Crippen LogP contribution in [-0.4, -0.2) is 16.6 Å². The van der Waals surface area contributed by atoms with Gasteiger partial charge in [-0.15, -0.1) is 0 Å². The van der Waals surface area contributed by atoms with Crippen LogP contribution in [0.15, 0.2) is 66.8 Å². The summed E-state index contributed by atoms with van der Waals surface area (Å²) in [6.07, 6.45) is 8.26. The summed E-state index contributed by atoms with van der Waals surface area (Å²) in [7, 11) is 0. The van der Waals surface area contributed by atoms with E-state index in [4.69, 9.17) is 4.74 Å². The van der Waals surface area contributed by atoms with E-state index in [1.165, 1.54) is 12.1 Å². The van der Waals surface area contributed by atoms with Crippen LogP contribution in [0.5, 0.6) is 11.5 Å². The number of halogens is 1. The molecule has 0 fully saturated rings. The highest BCUT2D eigenvalue weighted by molar-refractivity contribution is 5.56. The van der Waals surface area contributed by atoms with E-state index < -0.39 is 5.82 Å². The molecule has 5 heteroatoms. The average Bonchev–Trinajstić information content (AvgIpc) is 2.48. The second-order valence-electron chi connectivity index (χ2n) is 4.56. The molecule has 0 amide bonds. The first-order valence-corrected chi connectivity index (χ1v) is 6.42. The quantitative estimate of drug-likeness (QED) is 0.931. The number of allylic oxidation sites excluding steroid dienone is 2. The van der Waals surface area contributed by atoms with Crippen molar-refractivity contribution in [1.29, 1.82) is 0 Å². The average molecular weight is 284 g/mol. The molecule has 0 unspecified atom stereocenters. The zero-order valence-corrected chi connectivity index (χ0v) is 11.1. The van der Waals surface area contributed by atoms with Gasteiger partial charge in [0.15, 0.2) is 0 Å². The van der Waals surface area contributed by atoms with E-state index in [0.717, 1.165) is 0 Å². The third-order valence-electron chi connectivity index (χ3n) is 2.94. The number of aromatic nitrogens is 1. The van der Waals surface area contributed by atoms with Gasteiger partial charge < -0.3 is 14.7 Å². The van der Waals surface area contributed by atoms with Gasteiger partial charge in [-0.3, -0.25) is 4.98 Å². The smallest absolute Gasteiger partial charge is 0.145 e. The van der Waals surface area contributed by atoms with Crippen molar-refractivity contribution in [2.24, 2.45) is 0 Å². The van der Waals surface area contributed by atoms with Gasteiger partial charge in [0, 0.05) is 30.2 Å². The van der Waals surface area contributed by atoms with Gasteiger partial charge in [-0.1, -0.05) is 0 Å². The number of hydrogen-bond donors (Lipinski definition) is 1. The van der Waals surface area contributed by atoms with Crippen molar-refractivity contribution in [3.8, 4) is 11.5 Å². The van der Waals surface area contributed by atoms with Crippen molar-refractivity contribution in [3.05, 3.63) is 72.7 Å². The highest BCUT2D eigenvalue weighted by Crippen LogP contribution is 2.28. The minimum Gasteiger partial charge on any atom is -0.510 e. The standard InChI is InChI=1S/C16H13FN2O2/c17-12-7-13(19-6-2-3-14(20)11-19)9-16(8-12)21-15-4-1-5-18-10-15/h1-10,20H,11H2. The fraction of sp³-hybridized carbons (Fsp3) is 0.0625. The number of pyridine rings is 1. The fourth-order valence-corrected chi connectivity index (χ4v) is 2.03. The van der Waals surface area contributed by atoms with Crippen LogP contribution in [0.4, 0.5) is 10.1 Å². The summed E-state index contributed by atoms with van der Waals surface area (Å²) in [6.45, 7) is 0.298. The minimum absolute atomic E-state index is 0.219. The summed E-state index contributed by atoms with van der Waals surface area (Å²) in [5.41, 5.74) is 0.602. The lowest BCUT2D eigenvalue weighted by Gasteiger charge is -2.23. The number of nitrogens with zero attached hydrogens (tertiary/aromatic N) is 2. The summed E-state index contributed by atoms with van der Waals surface area (Å²) in [6, 6.07) is 7.89. The molecule has 0 saturated carbocycles. The Balaban J connectivity index is 1.86. The summed E-state index contributed by atoms with van der Waals surface area (Å²) in [5.74, 6) is 0.719. The van der Waals surface area contributed by atoms with Gasteiger partial charge in [0.1, 0.15) is 23.1 Å².